The molecule has 0 atom stereocenters. The molecular weight excluding hydrogens is 332 g/mol. The number of hydrazone groups is 1. The highest BCUT2D eigenvalue weighted by Crippen LogP contribution is 2.38. The third kappa shape index (κ3) is 3.97. The van der Waals surface area contributed by atoms with Crippen LogP contribution in [0.1, 0.15) is 15.9 Å². The van der Waals surface area contributed by atoms with E-state index >= 15 is 0 Å². The highest BCUT2D eigenvalue weighted by atomic mass is 35.5. The predicted octanol–water partition coefficient (Wildman–Crippen LogP) is 3.13. The Morgan fingerprint density at radius 1 is 1.08 bits per heavy atom. The van der Waals surface area contributed by atoms with Crippen LogP contribution in [0.5, 0.6) is 17.2 Å². The van der Waals surface area contributed by atoms with E-state index in [0.717, 1.165) is 0 Å². The van der Waals surface area contributed by atoms with Crippen LogP contribution in [0.4, 0.5) is 0 Å². The van der Waals surface area contributed by atoms with E-state index in [1.807, 2.05) is 0 Å². The molecule has 0 aromatic heterocycles. The molecule has 0 aliphatic heterocycles. The molecule has 24 heavy (non-hydrogen) atoms. The predicted molar refractivity (Wildman–Crippen MR) is 92.6 cm³/mol. The van der Waals surface area contributed by atoms with Gasteiger partial charge in [0, 0.05) is 16.1 Å². The van der Waals surface area contributed by atoms with Gasteiger partial charge >= 0.3 is 0 Å². The molecule has 0 spiro atoms. The zero-order valence-electron chi connectivity index (χ0n) is 13.5. The molecule has 7 heteroatoms. The number of nitrogens with zero attached hydrogens (tertiary/aromatic N) is 1. The maximum absolute atomic E-state index is 12.0. The van der Waals surface area contributed by atoms with Gasteiger partial charge in [-0.05, 0) is 30.3 Å². The number of hydrogen-bond acceptors (Lipinski definition) is 5. The highest BCUT2D eigenvalue weighted by Gasteiger charge is 2.14. The number of rotatable bonds is 6. The Balaban J connectivity index is 2.18. The van der Waals surface area contributed by atoms with Crippen molar-refractivity contribution in [3.63, 3.8) is 0 Å². The van der Waals surface area contributed by atoms with Crippen molar-refractivity contribution in [3.05, 3.63) is 52.5 Å². The lowest BCUT2D eigenvalue weighted by molar-refractivity contribution is 0.0955. The first-order valence-corrected chi connectivity index (χ1v) is 7.36. The Morgan fingerprint density at radius 2 is 1.83 bits per heavy atom. The van der Waals surface area contributed by atoms with E-state index in [2.05, 4.69) is 10.5 Å². The molecule has 126 valence electrons. The van der Waals surface area contributed by atoms with Crippen LogP contribution < -0.4 is 19.6 Å². The van der Waals surface area contributed by atoms with E-state index in [1.54, 1.807) is 36.4 Å². The summed E-state index contributed by atoms with van der Waals surface area (Å²) >= 11 is 5.86. The van der Waals surface area contributed by atoms with Crippen molar-refractivity contribution in [2.24, 2.45) is 5.10 Å². The van der Waals surface area contributed by atoms with Crippen molar-refractivity contribution in [2.75, 3.05) is 21.3 Å². The molecule has 2 aromatic rings. The second-order valence-corrected chi connectivity index (χ2v) is 5.07. The van der Waals surface area contributed by atoms with E-state index in [0.29, 0.717) is 33.4 Å². The van der Waals surface area contributed by atoms with Gasteiger partial charge in [0.05, 0.1) is 27.5 Å². The van der Waals surface area contributed by atoms with Crippen LogP contribution in [-0.2, 0) is 0 Å². The molecule has 1 amide bonds. The summed E-state index contributed by atoms with van der Waals surface area (Å²) in [6, 6.07) is 10.1. The van der Waals surface area contributed by atoms with Crippen LogP contribution in [0, 0.1) is 0 Å². The summed E-state index contributed by atoms with van der Waals surface area (Å²) in [6.45, 7) is 0. The van der Waals surface area contributed by atoms with E-state index in [1.165, 1.54) is 27.5 Å². The Kier molecular flexibility index (Phi) is 6.03. The topological polar surface area (TPSA) is 69.2 Å². The van der Waals surface area contributed by atoms with Crippen molar-refractivity contribution in [1.82, 2.24) is 5.43 Å². The number of ether oxygens (including phenoxy) is 3. The monoisotopic (exact) mass is 348 g/mol. The average molecular weight is 349 g/mol. The molecule has 0 bridgehead atoms. The molecule has 0 saturated heterocycles. The molecule has 2 rings (SSSR count). The van der Waals surface area contributed by atoms with E-state index in [9.17, 15) is 4.79 Å². The molecule has 0 saturated carbocycles. The number of hydrogen-bond donors (Lipinski definition) is 1. The van der Waals surface area contributed by atoms with E-state index < -0.39 is 0 Å². The summed E-state index contributed by atoms with van der Waals surface area (Å²) in [7, 11) is 4.57. The van der Waals surface area contributed by atoms with Crippen molar-refractivity contribution < 1.29 is 19.0 Å². The van der Waals surface area contributed by atoms with Gasteiger partial charge in [0.15, 0.2) is 11.5 Å². The van der Waals surface area contributed by atoms with Crippen LogP contribution >= 0.6 is 11.6 Å². The van der Waals surface area contributed by atoms with Gasteiger partial charge in [-0.1, -0.05) is 17.7 Å². The normalized spacial score (nSPS) is 10.5. The Labute approximate surface area is 145 Å². The van der Waals surface area contributed by atoms with Gasteiger partial charge in [-0.2, -0.15) is 5.10 Å². The SMILES string of the molecule is COc1ccc(/C=N\NC(=O)c2cccc(Cl)c2)c(OC)c1OC. The van der Waals surface area contributed by atoms with Crippen LogP contribution in [0.15, 0.2) is 41.5 Å². The van der Waals surface area contributed by atoms with Gasteiger partial charge in [-0.3, -0.25) is 4.79 Å². The quantitative estimate of drug-likeness (QED) is 0.643. The lowest BCUT2D eigenvalue weighted by Gasteiger charge is -2.13. The fourth-order valence-electron chi connectivity index (χ4n) is 2.08. The molecule has 0 radical (unpaired) electrons. The zero-order valence-corrected chi connectivity index (χ0v) is 14.3. The molecule has 6 nitrogen and oxygen atoms in total. The maximum atomic E-state index is 12.0. The minimum absolute atomic E-state index is 0.367. The number of halogens is 1. The number of carbonyl (C=O) groups excluding carboxylic acids is 1. The first-order chi connectivity index (χ1) is 11.6. The maximum Gasteiger partial charge on any atom is 0.271 e. The molecule has 0 aliphatic carbocycles. The lowest BCUT2D eigenvalue weighted by Crippen LogP contribution is -2.17. The fraction of sp³-hybridized carbons (Fsp3) is 0.176. The van der Waals surface area contributed by atoms with Gasteiger partial charge in [-0.15, -0.1) is 0 Å². The van der Waals surface area contributed by atoms with Gasteiger partial charge < -0.3 is 14.2 Å². The van der Waals surface area contributed by atoms with Crippen LogP contribution in [-0.4, -0.2) is 33.5 Å². The van der Waals surface area contributed by atoms with Crippen LogP contribution in [0.3, 0.4) is 0 Å². The third-order valence-corrected chi connectivity index (χ3v) is 3.43. The Bertz CT molecular complexity index is 762. The molecular formula is C17H17ClN2O4. The summed E-state index contributed by atoms with van der Waals surface area (Å²) in [5, 5.41) is 4.42. The van der Waals surface area contributed by atoms with Gasteiger partial charge in [0.25, 0.3) is 5.91 Å². The second kappa shape index (κ2) is 8.21. The number of nitrogens with one attached hydrogen (secondary N) is 1. The molecule has 0 fully saturated rings. The highest BCUT2D eigenvalue weighted by molar-refractivity contribution is 6.30. The third-order valence-electron chi connectivity index (χ3n) is 3.19. The Morgan fingerprint density at radius 3 is 2.46 bits per heavy atom. The van der Waals surface area contributed by atoms with Crippen molar-refractivity contribution in [1.29, 1.82) is 0 Å². The summed E-state index contributed by atoms with van der Waals surface area (Å²) in [5.74, 6) is 1.07. The largest absolute Gasteiger partial charge is 0.493 e. The van der Waals surface area contributed by atoms with Crippen molar-refractivity contribution >= 4 is 23.7 Å². The second-order valence-electron chi connectivity index (χ2n) is 4.63. The van der Waals surface area contributed by atoms with E-state index in [-0.39, 0.29) is 5.91 Å². The lowest BCUT2D eigenvalue weighted by atomic mass is 10.2. The number of amides is 1. The number of benzene rings is 2. The van der Waals surface area contributed by atoms with Gasteiger partial charge in [0.1, 0.15) is 0 Å². The van der Waals surface area contributed by atoms with Crippen LogP contribution in [0.2, 0.25) is 5.02 Å². The molecule has 1 N–H and O–H groups in total. The first kappa shape index (κ1) is 17.6. The summed E-state index contributed by atoms with van der Waals surface area (Å²) in [4.78, 5) is 12.0. The average Bonchev–Trinajstić information content (AvgIpc) is 2.60. The Hall–Kier alpha value is -2.73. The summed E-state index contributed by atoms with van der Waals surface area (Å²) in [6.07, 6.45) is 1.46. The van der Waals surface area contributed by atoms with Crippen molar-refractivity contribution in [2.45, 2.75) is 0 Å². The fourth-order valence-corrected chi connectivity index (χ4v) is 2.27. The minimum Gasteiger partial charge on any atom is -0.493 e. The molecule has 0 aliphatic rings. The first-order valence-electron chi connectivity index (χ1n) is 6.98. The summed E-state index contributed by atoms with van der Waals surface area (Å²) < 4.78 is 15.9. The van der Waals surface area contributed by atoms with E-state index in [4.69, 9.17) is 25.8 Å². The van der Waals surface area contributed by atoms with Gasteiger partial charge in [0.2, 0.25) is 5.75 Å². The number of methoxy groups -OCH3 is 3. The molecule has 2 aromatic carbocycles. The standard InChI is InChI=1S/C17H17ClN2O4/c1-22-14-8-7-12(15(23-2)16(14)24-3)10-19-20-17(21)11-5-4-6-13(18)9-11/h4-10H,1-3H3,(H,20,21)/b19-10-. The minimum atomic E-state index is -0.367. The van der Waals surface area contributed by atoms with Gasteiger partial charge in [-0.25, -0.2) is 5.43 Å². The van der Waals surface area contributed by atoms with Crippen molar-refractivity contribution in [3.8, 4) is 17.2 Å². The molecule has 0 heterocycles. The molecule has 0 unspecified atom stereocenters. The smallest absolute Gasteiger partial charge is 0.271 e. The number of carbonyl (C=O) groups is 1. The van der Waals surface area contributed by atoms with Crippen LogP contribution in [0.25, 0.3) is 0 Å². The zero-order chi connectivity index (χ0) is 17.5. The summed E-state index contributed by atoms with van der Waals surface area (Å²) in [5.41, 5.74) is 3.48.